The van der Waals surface area contributed by atoms with Gasteiger partial charge in [-0.25, -0.2) is 19.8 Å². The molecule has 0 atom stereocenters. The van der Waals surface area contributed by atoms with E-state index >= 15 is 0 Å². The maximum atomic E-state index is 12.8. The number of aromatic nitrogens is 2. The fourth-order valence-electron chi connectivity index (χ4n) is 1.54. The van der Waals surface area contributed by atoms with E-state index in [2.05, 4.69) is 20.5 Å². The predicted molar refractivity (Wildman–Crippen MR) is 71.3 cm³/mol. The van der Waals surface area contributed by atoms with E-state index in [1.165, 1.54) is 24.3 Å². The number of benzene rings is 1. The van der Waals surface area contributed by atoms with Crippen LogP contribution in [-0.2, 0) is 0 Å². The van der Waals surface area contributed by atoms with Crippen LogP contribution in [-0.4, -0.2) is 26.5 Å². The van der Waals surface area contributed by atoms with Crippen molar-refractivity contribution in [3.63, 3.8) is 0 Å². The molecular weight excluding hydrogens is 281 g/mol. The maximum absolute atomic E-state index is 12.8. The molecule has 8 nitrogen and oxygen atoms in total. The van der Waals surface area contributed by atoms with Crippen molar-refractivity contribution >= 4 is 17.4 Å². The number of amides is 1. The summed E-state index contributed by atoms with van der Waals surface area (Å²) in [6.45, 7) is 1.60. The molecule has 1 aromatic carbocycles. The summed E-state index contributed by atoms with van der Waals surface area (Å²) in [5.41, 5.74) is 2.82. The van der Waals surface area contributed by atoms with E-state index in [1.54, 1.807) is 6.92 Å². The zero-order chi connectivity index (χ0) is 15.4. The van der Waals surface area contributed by atoms with Crippen molar-refractivity contribution < 1.29 is 14.1 Å². The number of hydrazone groups is 1. The highest BCUT2D eigenvalue weighted by atomic mass is 19.1. The van der Waals surface area contributed by atoms with E-state index in [4.69, 9.17) is 0 Å². The SMILES string of the molecule is CC(=NNC(=O)c1nc[nH]c1[N+](=O)[O-])c1ccc(F)cc1. The molecule has 2 aromatic rings. The molecule has 0 bridgehead atoms. The molecule has 2 N–H and O–H groups in total. The molecule has 0 aliphatic carbocycles. The highest BCUT2D eigenvalue weighted by Gasteiger charge is 2.22. The summed E-state index contributed by atoms with van der Waals surface area (Å²) in [7, 11) is 0. The lowest BCUT2D eigenvalue weighted by Gasteiger charge is -2.01. The molecule has 0 spiro atoms. The second-order valence-electron chi connectivity index (χ2n) is 4.00. The van der Waals surface area contributed by atoms with Crippen LogP contribution in [0, 0.1) is 15.9 Å². The Hall–Kier alpha value is -3.10. The molecule has 0 saturated heterocycles. The topological polar surface area (TPSA) is 113 Å². The summed E-state index contributed by atoms with van der Waals surface area (Å²) in [5.74, 6) is -1.71. The van der Waals surface area contributed by atoms with Crippen LogP contribution >= 0.6 is 0 Å². The molecule has 2 rings (SSSR count). The number of rotatable bonds is 4. The zero-order valence-electron chi connectivity index (χ0n) is 10.8. The van der Waals surface area contributed by atoms with E-state index < -0.39 is 16.6 Å². The fourth-order valence-corrected chi connectivity index (χ4v) is 1.54. The van der Waals surface area contributed by atoms with Crippen molar-refractivity contribution in [3.05, 3.63) is 57.8 Å². The van der Waals surface area contributed by atoms with Gasteiger partial charge in [0.25, 0.3) is 5.91 Å². The fraction of sp³-hybridized carbons (Fsp3) is 0.0833. The number of hydrogen-bond acceptors (Lipinski definition) is 5. The number of H-pyrrole nitrogens is 1. The van der Waals surface area contributed by atoms with Crippen LogP contribution < -0.4 is 5.43 Å². The van der Waals surface area contributed by atoms with Crippen molar-refractivity contribution in [1.82, 2.24) is 15.4 Å². The van der Waals surface area contributed by atoms with Gasteiger partial charge in [0, 0.05) is 0 Å². The van der Waals surface area contributed by atoms with Gasteiger partial charge in [-0.2, -0.15) is 5.10 Å². The molecule has 0 saturated carbocycles. The molecule has 21 heavy (non-hydrogen) atoms. The van der Waals surface area contributed by atoms with Gasteiger partial charge in [-0.1, -0.05) is 12.1 Å². The Morgan fingerprint density at radius 3 is 2.71 bits per heavy atom. The average molecular weight is 291 g/mol. The number of halogens is 1. The lowest BCUT2D eigenvalue weighted by Crippen LogP contribution is -2.20. The van der Waals surface area contributed by atoms with Gasteiger partial charge in [-0.3, -0.25) is 4.79 Å². The lowest BCUT2D eigenvalue weighted by molar-refractivity contribution is -0.389. The third-order valence-corrected chi connectivity index (χ3v) is 2.60. The first-order valence-electron chi connectivity index (χ1n) is 5.77. The maximum Gasteiger partial charge on any atom is 0.353 e. The summed E-state index contributed by atoms with van der Waals surface area (Å²) >= 11 is 0. The number of nitrogens with one attached hydrogen (secondary N) is 2. The summed E-state index contributed by atoms with van der Waals surface area (Å²) in [6.07, 6.45) is 1.05. The summed E-state index contributed by atoms with van der Waals surface area (Å²) in [4.78, 5) is 27.5. The third kappa shape index (κ3) is 3.26. The molecule has 1 amide bonds. The standard InChI is InChI=1S/C12H10FN5O3/c1-7(8-2-4-9(13)5-3-8)16-17-12(19)10-11(18(20)21)15-6-14-10/h2-6H,1H3,(H,14,15)(H,17,19). The van der Waals surface area contributed by atoms with Crippen LogP contribution in [0.4, 0.5) is 10.2 Å². The van der Waals surface area contributed by atoms with Gasteiger partial charge in [0.1, 0.15) is 5.82 Å². The van der Waals surface area contributed by atoms with Crippen molar-refractivity contribution in [2.75, 3.05) is 0 Å². The summed E-state index contributed by atoms with van der Waals surface area (Å²) in [6, 6.07) is 5.51. The number of nitrogens with zero attached hydrogens (tertiary/aromatic N) is 3. The Balaban J connectivity index is 2.12. The predicted octanol–water partition coefficient (Wildman–Crippen LogP) is 1.61. The molecule has 108 valence electrons. The Labute approximate surface area is 117 Å². The van der Waals surface area contributed by atoms with E-state index in [0.29, 0.717) is 11.3 Å². The van der Waals surface area contributed by atoms with Gasteiger partial charge >= 0.3 is 5.82 Å². The normalized spacial score (nSPS) is 11.2. The van der Waals surface area contributed by atoms with Gasteiger partial charge < -0.3 is 10.1 Å². The van der Waals surface area contributed by atoms with Crippen LogP contribution in [0.5, 0.6) is 0 Å². The number of nitro groups is 1. The Bertz CT molecular complexity index is 708. The molecule has 0 unspecified atom stereocenters. The van der Waals surface area contributed by atoms with E-state index in [1.807, 2.05) is 0 Å². The van der Waals surface area contributed by atoms with Crippen LogP contribution in [0.15, 0.2) is 35.7 Å². The number of carbonyl (C=O) groups excluding carboxylic acids is 1. The van der Waals surface area contributed by atoms with Crippen LogP contribution in [0.3, 0.4) is 0 Å². The Morgan fingerprint density at radius 1 is 1.43 bits per heavy atom. The first-order chi connectivity index (χ1) is 9.99. The number of aromatic amines is 1. The second kappa shape index (κ2) is 5.90. The third-order valence-electron chi connectivity index (χ3n) is 2.60. The zero-order valence-corrected chi connectivity index (χ0v) is 10.8. The van der Waals surface area contributed by atoms with Crippen LogP contribution in [0.1, 0.15) is 23.0 Å². The first-order valence-corrected chi connectivity index (χ1v) is 5.77. The summed E-state index contributed by atoms with van der Waals surface area (Å²) < 4.78 is 12.8. The minimum absolute atomic E-state index is 0.365. The van der Waals surface area contributed by atoms with E-state index in [0.717, 1.165) is 6.33 Å². The Kier molecular flexibility index (Phi) is 4.02. The van der Waals surface area contributed by atoms with Gasteiger partial charge in [-0.15, -0.1) is 0 Å². The van der Waals surface area contributed by atoms with Gasteiger partial charge in [0.15, 0.2) is 6.33 Å². The first kappa shape index (κ1) is 14.3. The van der Waals surface area contributed by atoms with Gasteiger partial charge in [-0.05, 0) is 29.5 Å². The van der Waals surface area contributed by atoms with E-state index in [-0.39, 0.29) is 11.5 Å². The van der Waals surface area contributed by atoms with Gasteiger partial charge in [0.2, 0.25) is 5.69 Å². The van der Waals surface area contributed by atoms with Crippen molar-refractivity contribution in [2.24, 2.45) is 5.10 Å². The molecule has 1 aromatic heterocycles. The molecule has 0 radical (unpaired) electrons. The molecule has 0 fully saturated rings. The summed E-state index contributed by atoms with van der Waals surface area (Å²) in [5, 5.41) is 14.5. The number of imidazole rings is 1. The number of carbonyl (C=O) groups is 1. The highest BCUT2D eigenvalue weighted by Crippen LogP contribution is 2.11. The highest BCUT2D eigenvalue weighted by molar-refractivity contribution is 6.01. The largest absolute Gasteiger partial charge is 0.358 e. The van der Waals surface area contributed by atoms with Crippen LogP contribution in [0.2, 0.25) is 0 Å². The Morgan fingerprint density at radius 2 is 2.10 bits per heavy atom. The molecule has 0 aliphatic heterocycles. The molecule has 9 heteroatoms. The quantitative estimate of drug-likeness (QED) is 0.506. The minimum Gasteiger partial charge on any atom is -0.358 e. The second-order valence-corrected chi connectivity index (χ2v) is 4.00. The monoisotopic (exact) mass is 291 g/mol. The smallest absolute Gasteiger partial charge is 0.353 e. The molecular formula is C12H10FN5O3. The number of hydrogen-bond donors (Lipinski definition) is 2. The average Bonchev–Trinajstić information content (AvgIpc) is 2.95. The molecule has 0 aliphatic rings. The van der Waals surface area contributed by atoms with Crippen molar-refractivity contribution in [1.29, 1.82) is 0 Å². The van der Waals surface area contributed by atoms with Crippen LogP contribution in [0.25, 0.3) is 0 Å². The lowest BCUT2D eigenvalue weighted by atomic mass is 10.1. The molecule has 1 heterocycles. The van der Waals surface area contributed by atoms with E-state index in [9.17, 15) is 19.3 Å². The van der Waals surface area contributed by atoms with Crippen molar-refractivity contribution in [2.45, 2.75) is 6.92 Å². The van der Waals surface area contributed by atoms with Crippen molar-refractivity contribution in [3.8, 4) is 0 Å². The van der Waals surface area contributed by atoms with Gasteiger partial charge in [0.05, 0.1) is 5.71 Å². The minimum atomic E-state index is -0.815.